The number of benzene rings is 1. The molecule has 9 heteroatoms. The number of hydrogen-bond acceptors (Lipinski definition) is 4. The Balaban J connectivity index is 1.81. The van der Waals surface area contributed by atoms with Crippen molar-refractivity contribution in [2.75, 3.05) is 39.8 Å². The number of nitrogens with one attached hydrogen (secondary N) is 1. The van der Waals surface area contributed by atoms with E-state index in [1.165, 1.54) is 0 Å². The van der Waals surface area contributed by atoms with Crippen LogP contribution in [0.5, 0.6) is 0 Å². The molecule has 0 aliphatic carbocycles. The smallest absolute Gasteiger partial charge is 0.243 e. The van der Waals surface area contributed by atoms with Crippen LogP contribution in [0.2, 0.25) is 0 Å². The molecule has 27 heavy (non-hydrogen) atoms. The lowest BCUT2D eigenvalue weighted by atomic mass is 10.1. The van der Waals surface area contributed by atoms with E-state index in [4.69, 9.17) is 0 Å². The third-order valence-electron chi connectivity index (χ3n) is 4.95. The van der Waals surface area contributed by atoms with Crippen LogP contribution in [-0.2, 0) is 17.1 Å². The normalized spacial score (nSPS) is 17.9. The highest BCUT2D eigenvalue weighted by Crippen LogP contribution is 2.23. The standard InChI is InChI=1S/C18H24F2N4O2S/c1-22-8-10-24(11-9-22)17(16-4-3-7-23(16)2)13-21-27(25,26)18-6-5-14(19)12-15(18)20/h3-7,12,17,21H,8-11,13H2,1-2H3. The van der Waals surface area contributed by atoms with Crippen LogP contribution in [0.3, 0.4) is 0 Å². The summed E-state index contributed by atoms with van der Waals surface area (Å²) < 4.78 is 56.6. The first kappa shape index (κ1) is 19.9. The van der Waals surface area contributed by atoms with Gasteiger partial charge in [0.2, 0.25) is 10.0 Å². The van der Waals surface area contributed by atoms with Crippen LogP contribution >= 0.6 is 0 Å². The number of aromatic nitrogens is 1. The summed E-state index contributed by atoms with van der Waals surface area (Å²) in [4.78, 5) is 3.89. The quantitative estimate of drug-likeness (QED) is 0.803. The van der Waals surface area contributed by atoms with Gasteiger partial charge < -0.3 is 9.47 Å². The summed E-state index contributed by atoms with van der Waals surface area (Å²) in [6.07, 6.45) is 1.91. The van der Waals surface area contributed by atoms with Gasteiger partial charge in [-0.3, -0.25) is 4.90 Å². The average Bonchev–Trinajstić information content (AvgIpc) is 3.02. The molecular weight excluding hydrogens is 374 g/mol. The van der Waals surface area contributed by atoms with Gasteiger partial charge in [-0.05, 0) is 31.3 Å². The Morgan fingerprint density at radius 3 is 2.41 bits per heavy atom. The zero-order chi connectivity index (χ0) is 19.6. The van der Waals surface area contributed by atoms with Gasteiger partial charge in [0.1, 0.15) is 16.5 Å². The number of halogens is 2. The van der Waals surface area contributed by atoms with E-state index in [1.54, 1.807) is 0 Å². The Morgan fingerprint density at radius 1 is 1.11 bits per heavy atom. The van der Waals surface area contributed by atoms with Gasteiger partial charge in [-0.25, -0.2) is 21.9 Å². The number of aryl methyl sites for hydroxylation is 1. The summed E-state index contributed by atoms with van der Waals surface area (Å²) in [5, 5.41) is 0. The number of likely N-dealkylation sites (N-methyl/N-ethyl adjacent to an activating group) is 1. The van der Waals surface area contributed by atoms with Crippen molar-refractivity contribution in [1.82, 2.24) is 19.1 Å². The van der Waals surface area contributed by atoms with Gasteiger partial charge in [-0.2, -0.15) is 0 Å². The lowest BCUT2D eigenvalue weighted by Crippen LogP contribution is -2.48. The molecule has 1 aliphatic heterocycles. The Kier molecular flexibility index (Phi) is 5.95. The molecule has 1 atom stereocenters. The molecule has 0 spiro atoms. The summed E-state index contributed by atoms with van der Waals surface area (Å²) in [5.41, 5.74) is 0.974. The summed E-state index contributed by atoms with van der Waals surface area (Å²) in [5.74, 6) is -1.91. The van der Waals surface area contributed by atoms with Gasteiger partial charge in [0.15, 0.2) is 0 Å². The van der Waals surface area contributed by atoms with Crippen LogP contribution < -0.4 is 4.72 Å². The minimum absolute atomic E-state index is 0.0979. The molecule has 1 fully saturated rings. The summed E-state index contributed by atoms with van der Waals surface area (Å²) >= 11 is 0. The second-order valence-electron chi connectivity index (χ2n) is 6.83. The minimum atomic E-state index is -4.09. The average molecular weight is 398 g/mol. The van der Waals surface area contributed by atoms with Gasteiger partial charge in [-0.15, -0.1) is 0 Å². The second-order valence-corrected chi connectivity index (χ2v) is 8.56. The molecule has 1 saturated heterocycles. The molecule has 1 aromatic heterocycles. The van der Waals surface area contributed by atoms with Crippen molar-refractivity contribution in [2.24, 2.45) is 7.05 Å². The van der Waals surface area contributed by atoms with Gasteiger partial charge >= 0.3 is 0 Å². The molecule has 2 aromatic rings. The number of hydrogen-bond donors (Lipinski definition) is 1. The van der Waals surface area contributed by atoms with Crippen LogP contribution in [0.15, 0.2) is 41.4 Å². The molecule has 6 nitrogen and oxygen atoms in total. The lowest BCUT2D eigenvalue weighted by Gasteiger charge is -2.38. The third-order valence-corrected chi connectivity index (χ3v) is 6.41. The highest BCUT2D eigenvalue weighted by molar-refractivity contribution is 7.89. The highest BCUT2D eigenvalue weighted by Gasteiger charge is 2.28. The molecule has 0 bridgehead atoms. The largest absolute Gasteiger partial charge is 0.353 e. The maximum atomic E-state index is 13.9. The second kappa shape index (κ2) is 8.05. The lowest BCUT2D eigenvalue weighted by molar-refractivity contribution is 0.109. The maximum absolute atomic E-state index is 13.9. The number of sulfonamides is 1. The first-order valence-corrected chi connectivity index (χ1v) is 10.2. The molecule has 1 aromatic carbocycles. The monoisotopic (exact) mass is 398 g/mol. The summed E-state index contributed by atoms with van der Waals surface area (Å²) in [6.45, 7) is 3.49. The molecule has 0 amide bonds. The fourth-order valence-corrected chi connectivity index (χ4v) is 4.43. The van der Waals surface area contributed by atoms with E-state index in [0.717, 1.165) is 44.0 Å². The van der Waals surface area contributed by atoms with E-state index in [0.29, 0.717) is 6.07 Å². The molecule has 1 N–H and O–H groups in total. The topological polar surface area (TPSA) is 57.6 Å². The molecule has 3 rings (SSSR count). The van der Waals surface area contributed by atoms with Crippen LogP contribution in [0, 0.1) is 11.6 Å². The predicted molar refractivity (Wildman–Crippen MR) is 98.8 cm³/mol. The van der Waals surface area contributed by atoms with Crippen molar-refractivity contribution in [3.63, 3.8) is 0 Å². The Morgan fingerprint density at radius 2 is 1.81 bits per heavy atom. The first-order chi connectivity index (χ1) is 12.8. The maximum Gasteiger partial charge on any atom is 0.243 e. The van der Waals surface area contributed by atoms with Gasteiger partial charge in [0, 0.05) is 57.7 Å². The van der Waals surface area contributed by atoms with Crippen molar-refractivity contribution in [3.05, 3.63) is 53.9 Å². The van der Waals surface area contributed by atoms with Crippen LogP contribution in [0.4, 0.5) is 8.78 Å². The molecule has 0 saturated carbocycles. The zero-order valence-corrected chi connectivity index (χ0v) is 16.2. The third kappa shape index (κ3) is 4.55. The van der Waals surface area contributed by atoms with Crippen molar-refractivity contribution in [3.8, 4) is 0 Å². The Labute approximate surface area is 158 Å². The summed E-state index contributed by atoms with van der Waals surface area (Å²) in [7, 11) is -0.134. The Bertz CT molecular complexity index is 893. The van der Waals surface area contributed by atoms with Crippen LogP contribution in [-0.4, -0.2) is 62.6 Å². The zero-order valence-electron chi connectivity index (χ0n) is 15.4. The molecule has 1 aliphatic rings. The molecule has 0 radical (unpaired) electrons. The molecule has 2 heterocycles. The van der Waals surface area contributed by atoms with Crippen molar-refractivity contribution in [2.45, 2.75) is 10.9 Å². The highest BCUT2D eigenvalue weighted by atomic mass is 32.2. The molecule has 1 unspecified atom stereocenters. The molecule has 148 valence electrons. The van der Waals surface area contributed by atoms with Crippen LogP contribution in [0.1, 0.15) is 11.7 Å². The predicted octanol–water partition coefficient (Wildman–Crippen LogP) is 1.57. The van der Waals surface area contributed by atoms with Gasteiger partial charge in [-0.1, -0.05) is 0 Å². The minimum Gasteiger partial charge on any atom is -0.353 e. The van der Waals surface area contributed by atoms with Crippen molar-refractivity contribution in [1.29, 1.82) is 0 Å². The summed E-state index contributed by atoms with van der Waals surface area (Å²) in [6, 6.07) is 6.14. The van der Waals surface area contributed by atoms with E-state index >= 15 is 0 Å². The molecular formula is C18H24F2N4O2S. The Hall–Kier alpha value is -1.81. The number of piperazine rings is 1. The first-order valence-electron chi connectivity index (χ1n) is 8.76. The van der Waals surface area contributed by atoms with E-state index in [2.05, 4.69) is 21.6 Å². The fraction of sp³-hybridized carbons (Fsp3) is 0.444. The van der Waals surface area contributed by atoms with Gasteiger partial charge in [0.05, 0.1) is 6.04 Å². The van der Waals surface area contributed by atoms with Crippen LogP contribution in [0.25, 0.3) is 0 Å². The van der Waals surface area contributed by atoms with E-state index in [-0.39, 0.29) is 12.6 Å². The van der Waals surface area contributed by atoms with E-state index < -0.39 is 26.6 Å². The fourth-order valence-electron chi connectivity index (χ4n) is 3.33. The number of rotatable bonds is 6. The SMILES string of the molecule is CN1CCN(C(CNS(=O)(=O)c2ccc(F)cc2F)c2cccn2C)CC1. The van der Waals surface area contributed by atoms with E-state index in [1.807, 2.05) is 29.9 Å². The van der Waals surface area contributed by atoms with Crippen molar-refractivity contribution >= 4 is 10.0 Å². The van der Waals surface area contributed by atoms with Crippen molar-refractivity contribution < 1.29 is 17.2 Å². The van der Waals surface area contributed by atoms with Gasteiger partial charge in [0.25, 0.3) is 0 Å². The van der Waals surface area contributed by atoms with E-state index in [9.17, 15) is 17.2 Å². The number of nitrogens with zero attached hydrogens (tertiary/aromatic N) is 3.